The SMILES string of the molecule is Cc1cccc(NC(=O)C2(CN)CCCCCC2)c1Br. The van der Waals surface area contributed by atoms with Gasteiger partial charge in [-0.2, -0.15) is 0 Å². The molecule has 0 aromatic heterocycles. The maximum Gasteiger partial charge on any atom is 0.231 e. The van der Waals surface area contributed by atoms with Gasteiger partial charge < -0.3 is 11.1 Å². The van der Waals surface area contributed by atoms with Crippen molar-refractivity contribution in [1.29, 1.82) is 0 Å². The summed E-state index contributed by atoms with van der Waals surface area (Å²) >= 11 is 3.54. The average Bonchev–Trinajstić information content (AvgIpc) is 2.70. The van der Waals surface area contributed by atoms with Crippen LogP contribution in [-0.4, -0.2) is 12.5 Å². The van der Waals surface area contributed by atoms with Crippen molar-refractivity contribution in [2.24, 2.45) is 11.1 Å². The Hall–Kier alpha value is -0.870. The minimum atomic E-state index is -0.389. The lowest BCUT2D eigenvalue weighted by Crippen LogP contribution is -2.42. The second-order valence-corrected chi connectivity index (χ2v) is 6.58. The van der Waals surface area contributed by atoms with E-state index < -0.39 is 0 Å². The number of hydrogen-bond acceptors (Lipinski definition) is 2. The fourth-order valence-electron chi connectivity index (χ4n) is 2.93. The number of carbonyl (C=O) groups is 1. The van der Waals surface area contributed by atoms with Crippen LogP contribution in [0.2, 0.25) is 0 Å². The van der Waals surface area contributed by atoms with E-state index in [-0.39, 0.29) is 11.3 Å². The molecule has 1 amide bonds. The smallest absolute Gasteiger partial charge is 0.231 e. The molecule has 0 atom stereocenters. The highest BCUT2D eigenvalue weighted by molar-refractivity contribution is 9.10. The first kappa shape index (κ1) is 15.5. The second kappa shape index (κ2) is 6.72. The van der Waals surface area contributed by atoms with Gasteiger partial charge in [0.1, 0.15) is 0 Å². The number of nitrogens with one attached hydrogen (secondary N) is 1. The number of benzene rings is 1. The van der Waals surface area contributed by atoms with E-state index in [1.807, 2.05) is 25.1 Å². The highest BCUT2D eigenvalue weighted by Crippen LogP contribution is 2.36. The minimum absolute atomic E-state index is 0.0770. The van der Waals surface area contributed by atoms with E-state index in [9.17, 15) is 4.79 Å². The molecule has 3 N–H and O–H groups in total. The van der Waals surface area contributed by atoms with E-state index in [1.54, 1.807) is 0 Å². The molecule has 0 spiro atoms. The number of hydrogen-bond donors (Lipinski definition) is 2. The standard InChI is InChI=1S/C16H23BrN2O/c1-12-7-6-8-13(14(12)17)19-15(20)16(11-18)9-4-2-3-5-10-16/h6-8H,2-5,9-11,18H2,1H3,(H,19,20). The van der Waals surface area contributed by atoms with Crippen LogP contribution in [0.3, 0.4) is 0 Å². The van der Waals surface area contributed by atoms with Crippen molar-refractivity contribution in [2.75, 3.05) is 11.9 Å². The van der Waals surface area contributed by atoms with Crippen molar-refractivity contribution in [3.8, 4) is 0 Å². The molecule has 2 rings (SSSR count). The number of rotatable bonds is 3. The summed E-state index contributed by atoms with van der Waals surface area (Å²) in [5.74, 6) is 0.0770. The summed E-state index contributed by atoms with van der Waals surface area (Å²) in [6.45, 7) is 2.45. The third-order valence-corrected chi connectivity index (χ3v) is 5.43. The van der Waals surface area contributed by atoms with Crippen molar-refractivity contribution >= 4 is 27.5 Å². The molecule has 0 bridgehead atoms. The molecule has 1 saturated carbocycles. The average molecular weight is 339 g/mol. The van der Waals surface area contributed by atoms with Gasteiger partial charge in [0.15, 0.2) is 0 Å². The van der Waals surface area contributed by atoms with Gasteiger partial charge in [-0.05, 0) is 47.3 Å². The van der Waals surface area contributed by atoms with Gasteiger partial charge in [-0.25, -0.2) is 0 Å². The second-order valence-electron chi connectivity index (χ2n) is 5.79. The zero-order chi connectivity index (χ0) is 14.6. The summed E-state index contributed by atoms with van der Waals surface area (Å²) in [7, 11) is 0. The predicted octanol–water partition coefficient (Wildman–Crippen LogP) is 4.00. The first-order valence-electron chi connectivity index (χ1n) is 7.36. The Kier molecular flexibility index (Phi) is 5.22. The lowest BCUT2D eigenvalue weighted by atomic mass is 9.79. The first-order valence-corrected chi connectivity index (χ1v) is 8.15. The molecule has 0 saturated heterocycles. The summed E-state index contributed by atoms with van der Waals surface area (Å²) < 4.78 is 0.953. The fraction of sp³-hybridized carbons (Fsp3) is 0.562. The number of anilines is 1. The molecule has 1 aromatic carbocycles. The number of amides is 1. The Morgan fingerprint density at radius 2 is 1.95 bits per heavy atom. The Bertz CT molecular complexity index is 479. The van der Waals surface area contributed by atoms with Crippen molar-refractivity contribution in [3.63, 3.8) is 0 Å². The molecule has 110 valence electrons. The van der Waals surface area contributed by atoms with Crippen LogP contribution in [0.1, 0.15) is 44.1 Å². The molecule has 0 unspecified atom stereocenters. The Balaban J connectivity index is 2.18. The van der Waals surface area contributed by atoms with Crippen molar-refractivity contribution in [2.45, 2.75) is 45.4 Å². The van der Waals surface area contributed by atoms with Crippen molar-refractivity contribution in [3.05, 3.63) is 28.2 Å². The van der Waals surface area contributed by atoms with E-state index in [2.05, 4.69) is 21.2 Å². The minimum Gasteiger partial charge on any atom is -0.329 e. The zero-order valence-electron chi connectivity index (χ0n) is 12.0. The first-order chi connectivity index (χ1) is 9.59. The summed E-state index contributed by atoms with van der Waals surface area (Å²) in [5, 5.41) is 3.07. The number of halogens is 1. The lowest BCUT2D eigenvalue weighted by molar-refractivity contribution is -0.125. The van der Waals surface area contributed by atoms with Crippen LogP contribution in [0, 0.1) is 12.3 Å². The number of carbonyl (C=O) groups excluding carboxylic acids is 1. The largest absolute Gasteiger partial charge is 0.329 e. The molecule has 1 aliphatic carbocycles. The summed E-state index contributed by atoms with van der Waals surface area (Å²) in [6, 6.07) is 5.90. The molecular weight excluding hydrogens is 316 g/mol. The van der Waals surface area contributed by atoms with Gasteiger partial charge >= 0.3 is 0 Å². The van der Waals surface area contributed by atoms with Gasteiger partial charge in [-0.3, -0.25) is 4.79 Å². The highest BCUT2D eigenvalue weighted by Gasteiger charge is 2.37. The van der Waals surface area contributed by atoms with Gasteiger partial charge in [0, 0.05) is 11.0 Å². The van der Waals surface area contributed by atoms with Gasteiger partial charge in [0.05, 0.1) is 11.1 Å². The molecule has 0 heterocycles. The van der Waals surface area contributed by atoms with Crippen LogP contribution < -0.4 is 11.1 Å². The highest BCUT2D eigenvalue weighted by atomic mass is 79.9. The van der Waals surface area contributed by atoms with Gasteiger partial charge in [0.25, 0.3) is 0 Å². The fourth-order valence-corrected chi connectivity index (χ4v) is 3.29. The van der Waals surface area contributed by atoms with Crippen LogP contribution in [0.25, 0.3) is 0 Å². The molecule has 1 aromatic rings. The van der Waals surface area contributed by atoms with E-state index in [1.165, 1.54) is 12.8 Å². The Morgan fingerprint density at radius 1 is 1.30 bits per heavy atom. The quantitative estimate of drug-likeness (QED) is 0.818. The molecular formula is C16H23BrN2O. The maximum atomic E-state index is 12.7. The van der Waals surface area contributed by atoms with E-state index in [0.29, 0.717) is 6.54 Å². The third kappa shape index (κ3) is 3.23. The Morgan fingerprint density at radius 3 is 2.55 bits per heavy atom. The van der Waals surface area contributed by atoms with Gasteiger partial charge in [-0.1, -0.05) is 37.8 Å². The van der Waals surface area contributed by atoms with Crippen LogP contribution in [0.4, 0.5) is 5.69 Å². The molecule has 0 aliphatic heterocycles. The summed E-state index contributed by atoms with van der Waals surface area (Å²) in [6.07, 6.45) is 6.42. The molecule has 3 nitrogen and oxygen atoms in total. The van der Waals surface area contributed by atoms with E-state index in [0.717, 1.165) is 41.4 Å². The molecule has 4 heteroatoms. The van der Waals surface area contributed by atoms with Crippen molar-refractivity contribution in [1.82, 2.24) is 0 Å². The topological polar surface area (TPSA) is 55.1 Å². The van der Waals surface area contributed by atoms with E-state index >= 15 is 0 Å². The zero-order valence-corrected chi connectivity index (χ0v) is 13.6. The van der Waals surface area contributed by atoms with Crippen LogP contribution >= 0.6 is 15.9 Å². The Labute approximate surface area is 129 Å². The normalized spacial score (nSPS) is 18.4. The lowest BCUT2D eigenvalue weighted by Gasteiger charge is -2.30. The molecule has 1 aliphatic rings. The monoisotopic (exact) mass is 338 g/mol. The van der Waals surface area contributed by atoms with Crippen LogP contribution in [-0.2, 0) is 4.79 Å². The number of aryl methyl sites for hydroxylation is 1. The molecule has 1 fully saturated rings. The predicted molar refractivity (Wildman–Crippen MR) is 86.7 cm³/mol. The maximum absolute atomic E-state index is 12.7. The van der Waals surface area contributed by atoms with E-state index in [4.69, 9.17) is 5.73 Å². The van der Waals surface area contributed by atoms with Gasteiger partial charge in [-0.15, -0.1) is 0 Å². The number of nitrogens with two attached hydrogens (primary N) is 1. The molecule has 0 radical (unpaired) electrons. The third-order valence-electron chi connectivity index (χ3n) is 4.37. The summed E-state index contributed by atoms with van der Waals surface area (Å²) in [5.41, 5.74) is 7.52. The van der Waals surface area contributed by atoms with Gasteiger partial charge in [0.2, 0.25) is 5.91 Å². The van der Waals surface area contributed by atoms with Crippen molar-refractivity contribution < 1.29 is 4.79 Å². The summed E-state index contributed by atoms with van der Waals surface area (Å²) in [4.78, 5) is 12.7. The van der Waals surface area contributed by atoms with Crippen LogP contribution in [0.15, 0.2) is 22.7 Å². The van der Waals surface area contributed by atoms with Crippen LogP contribution in [0.5, 0.6) is 0 Å². The molecule has 20 heavy (non-hydrogen) atoms.